The lowest BCUT2D eigenvalue weighted by atomic mass is 9.74. The molecule has 0 radical (unpaired) electrons. The lowest BCUT2D eigenvalue weighted by molar-refractivity contribution is -0.387. The van der Waals surface area contributed by atoms with Gasteiger partial charge in [-0.3, -0.25) is 4.79 Å². The summed E-state index contributed by atoms with van der Waals surface area (Å²) in [5.74, 6) is -8.21. The first kappa shape index (κ1) is 58.2. The van der Waals surface area contributed by atoms with Crippen LogP contribution in [0.25, 0.3) is 0 Å². The number of hydrogen-bond donors (Lipinski definition) is 2. The molecule has 1 amide bonds. The number of amides is 1. The van der Waals surface area contributed by atoms with Crippen LogP contribution in [0.2, 0.25) is 0 Å². The third-order valence-electron chi connectivity index (χ3n) is 11.9. The van der Waals surface area contributed by atoms with Crippen molar-refractivity contribution < 1.29 is 71.7 Å². The first-order chi connectivity index (χ1) is 31.2. The van der Waals surface area contributed by atoms with Crippen molar-refractivity contribution in [3.8, 4) is 0 Å². The van der Waals surface area contributed by atoms with Crippen LogP contribution in [0.1, 0.15) is 155 Å². The Morgan fingerprint density at radius 1 is 0.838 bits per heavy atom. The van der Waals surface area contributed by atoms with E-state index < -0.39 is 94.0 Å². The Hall–Kier alpha value is -4.09. The number of carbonyl (C=O) groups is 5. The highest BCUT2D eigenvalue weighted by Crippen LogP contribution is 2.59. The number of nitrogens with one attached hydrogen (secondary N) is 1. The number of fused-ring (bicyclic) bond motifs is 2. The van der Waals surface area contributed by atoms with E-state index in [1.165, 1.54) is 48.7 Å². The second kappa shape index (κ2) is 22.8. The fourth-order valence-electron chi connectivity index (χ4n) is 8.58. The highest BCUT2D eigenvalue weighted by molar-refractivity contribution is 6.00. The highest BCUT2D eigenvalue weighted by Gasteiger charge is 2.87. The van der Waals surface area contributed by atoms with Crippen LogP contribution in [0.4, 0.5) is 4.79 Å². The van der Waals surface area contributed by atoms with Crippen molar-refractivity contribution >= 4 is 30.0 Å². The van der Waals surface area contributed by atoms with Crippen LogP contribution in [-0.4, -0.2) is 113 Å². The van der Waals surface area contributed by atoms with Crippen LogP contribution in [0.3, 0.4) is 0 Å². The fraction of sp³-hybridized carbons (Fsp3) is 0.750. The average molecular weight is 962 g/mol. The molecule has 2 bridgehead atoms. The van der Waals surface area contributed by atoms with Crippen LogP contribution in [0.15, 0.2) is 42.5 Å². The zero-order chi connectivity index (χ0) is 51.8. The van der Waals surface area contributed by atoms with Gasteiger partial charge in [0.15, 0.2) is 18.0 Å². The van der Waals surface area contributed by atoms with Crippen LogP contribution >= 0.6 is 0 Å². The Morgan fingerprint density at radius 3 is 1.94 bits per heavy atom. The lowest BCUT2D eigenvalue weighted by Crippen LogP contribution is -2.79. The van der Waals surface area contributed by atoms with Crippen LogP contribution < -0.4 is 5.32 Å². The summed E-state index contributed by atoms with van der Waals surface area (Å²) in [5.41, 5.74) is -9.26. The molecule has 16 nitrogen and oxygen atoms in total. The number of methoxy groups -OCH3 is 1. The number of benzene rings is 1. The first-order valence-corrected chi connectivity index (χ1v) is 24.0. The second-order valence-electron chi connectivity index (χ2n) is 22.2. The number of carbonyl (C=O) groups excluding carboxylic acids is 5. The summed E-state index contributed by atoms with van der Waals surface area (Å²) in [5, 5.41) is 16.2. The van der Waals surface area contributed by atoms with E-state index in [9.17, 15) is 24.3 Å². The monoisotopic (exact) mass is 962 g/mol. The van der Waals surface area contributed by atoms with E-state index in [1.54, 1.807) is 41.5 Å². The van der Waals surface area contributed by atoms with Gasteiger partial charge in [0.2, 0.25) is 17.5 Å². The minimum Gasteiger partial charge on any atom is -0.458 e. The van der Waals surface area contributed by atoms with Crippen LogP contribution in [0.5, 0.6) is 0 Å². The number of esters is 4. The van der Waals surface area contributed by atoms with Crippen molar-refractivity contribution in [3.63, 3.8) is 0 Å². The number of rotatable bonds is 22. The highest BCUT2D eigenvalue weighted by atomic mass is 16.8. The molecule has 2 aliphatic heterocycles. The van der Waals surface area contributed by atoms with Gasteiger partial charge in [0, 0.05) is 32.9 Å². The Balaban J connectivity index is 2.39. The molecule has 2 N–H and O–H groups in total. The normalized spacial score (nSPS) is 25.8. The molecule has 2 heterocycles. The standard InChI is InChI=1S/C52H83NO15/c1-19-32(2)30-33(3)24-23-29-53-45(58)62-40-39(63-49(16,17)60-18)50(28-27-34(4)38(61-36(6)54)35(5)31-37-25-21-20-22-26-37)64-41(42(55)65-46(7,8)9)51(59,43(56)66-47(10,11)12)52(40,68-50)44(57)67-48(13,14)15/h20-22,25-26,32-33,35,38-41,59H,4,19,23-24,27-31H2,1-3,5-18H3,(H,53,58)/t32-,33+,35?,38?,39+,40+,41+,50+,51+,52+/m0/s1. The minimum atomic E-state index is -3.51. The maximum atomic E-state index is 15.4. The lowest BCUT2D eigenvalue weighted by Gasteiger charge is -2.51. The minimum absolute atomic E-state index is 0.103. The van der Waals surface area contributed by atoms with Gasteiger partial charge >= 0.3 is 30.0 Å². The molecule has 386 valence electrons. The van der Waals surface area contributed by atoms with E-state index in [2.05, 4.69) is 32.7 Å². The first-order valence-electron chi connectivity index (χ1n) is 24.0. The van der Waals surface area contributed by atoms with Gasteiger partial charge in [-0.05, 0) is 131 Å². The molecule has 2 saturated heterocycles. The molecule has 10 atom stereocenters. The zero-order valence-corrected chi connectivity index (χ0v) is 44.0. The predicted octanol–water partition coefficient (Wildman–Crippen LogP) is 8.47. The summed E-state index contributed by atoms with van der Waals surface area (Å²) in [6.45, 7) is 31.1. The van der Waals surface area contributed by atoms with E-state index >= 15 is 4.79 Å². The second-order valence-corrected chi connectivity index (χ2v) is 22.2. The Labute approximate surface area is 405 Å². The third-order valence-corrected chi connectivity index (χ3v) is 11.9. The molecule has 2 unspecified atom stereocenters. The summed E-state index contributed by atoms with van der Waals surface area (Å²) in [4.78, 5) is 72.1. The van der Waals surface area contributed by atoms with E-state index in [0.717, 1.165) is 24.8 Å². The molecule has 68 heavy (non-hydrogen) atoms. The van der Waals surface area contributed by atoms with Gasteiger partial charge in [0.25, 0.3) is 5.60 Å². The summed E-state index contributed by atoms with van der Waals surface area (Å²) in [6, 6.07) is 9.61. The molecule has 1 aromatic rings. The Kier molecular flexibility index (Phi) is 19.5. The maximum absolute atomic E-state index is 15.4. The molecule has 1 aromatic carbocycles. The summed E-state index contributed by atoms with van der Waals surface area (Å²) < 4.78 is 55.7. The predicted molar refractivity (Wildman–Crippen MR) is 254 cm³/mol. The summed E-state index contributed by atoms with van der Waals surface area (Å²) >= 11 is 0. The molecule has 0 aromatic heterocycles. The van der Waals surface area contributed by atoms with Crippen molar-refractivity contribution in [1.82, 2.24) is 5.32 Å². The van der Waals surface area contributed by atoms with Crippen molar-refractivity contribution in [1.29, 1.82) is 0 Å². The van der Waals surface area contributed by atoms with Gasteiger partial charge in [-0.25, -0.2) is 19.2 Å². The van der Waals surface area contributed by atoms with Gasteiger partial charge in [-0.1, -0.05) is 71.0 Å². The largest absolute Gasteiger partial charge is 0.458 e. The summed E-state index contributed by atoms with van der Waals surface area (Å²) in [6.07, 6.45) is -4.85. The van der Waals surface area contributed by atoms with Crippen LogP contribution in [0, 0.1) is 17.8 Å². The maximum Gasteiger partial charge on any atom is 0.407 e. The fourth-order valence-corrected chi connectivity index (χ4v) is 8.58. The zero-order valence-electron chi connectivity index (χ0n) is 44.0. The molecule has 0 spiro atoms. The molecule has 0 aliphatic carbocycles. The number of ether oxygens (including phenoxy) is 9. The number of hydrogen-bond acceptors (Lipinski definition) is 15. The molecule has 3 rings (SSSR count). The van der Waals surface area contributed by atoms with Gasteiger partial charge < -0.3 is 53.1 Å². The van der Waals surface area contributed by atoms with Crippen molar-refractivity contribution in [3.05, 3.63) is 48.0 Å². The van der Waals surface area contributed by atoms with Crippen molar-refractivity contribution in [2.45, 2.75) is 220 Å². The molecule has 16 heteroatoms. The van der Waals surface area contributed by atoms with Crippen molar-refractivity contribution in [2.24, 2.45) is 17.8 Å². The van der Waals surface area contributed by atoms with E-state index in [-0.39, 0.29) is 25.3 Å². The molecular formula is C52H83NO15. The summed E-state index contributed by atoms with van der Waals surface area (Å²) in [7, 11) is 1.35. The average Bonchev–Trinajstić information content (AvgIpc) is 3.43. The number of aliphatic hydroxyl groups is 1. The molecule has 2 fully saturated rings. The smallest absolute Gasteiger partial charge is 0.407 e. The topological polar surface area (TPSA) is 201 Å². The van der Waals surface area contributed by atoms with Crippen molar-refractivity contribution in [2.75, 3.05) is 13.7 Å². The molecular weight excluding hydrogens is 879 g/mol. The van der Waals surface area contributed by atoms with Gasteiger partial charge in [-0.15, -0.1) is 0 Å². The molecule has 0 saturated carbocycles. The van der Waals surface area contributed by atoms with E-state index in [1.807, 2.05) is 37.3 Å². The third kappa shape index (κ3) is 15.0. The Morgan fingerprint density at radius 2 is 1.41 bits per heavy atom. The number of alkyl carbamates (subject to hydrolysis) is 1. The Bertz CT molecular complexity index is 1900. The van der Waals surface area contributed by atoms with Gasteiger partial charge in [-0.2, -0.15) is 0 Å². The van der Waals surface area contributed by atoms with E-state index in [0.29, 0.717) is 30.3 Å². The quantitative estimate of drug-likeness (QED) is 0.0368. The molecule has 2 aliphatic rings. The van der Waals surface area contributed by atoms with Crippen LogP contribution in [-0.2, 0) is 68.2 Å². The van der Waals surface area contributed by atoms with Gasteiger partial charge in [0.1, 0.15) is 22.9 Å². The van der Waals surface area contributed by atoms with Gasteiger partial charge in [0.05, 0.1) is 0 Å². The SMILES string of the molecule is C=C(CC[C@@]12O[C@H](C(=O)OC(C)(C)C)[C@@](O)(C(=O)OC(C)(C)C)[C@@](C(=O)OC(C)(C)C)(O1)[C@H](OC(=O)NCCC[C@@H](C)C[C@@H](C)CC)[C@H]2OC(C)(C)OC)C(OC(C)=O)C(C)Cc1ccccc1. The van der Waals surface area contributed by atoms with E-state index in [4.69, 9.17) is 42.6 Å².